The van der Waals surface area contributed by atoms with Gasteiger partial charge in [0.15, 0.2) is 0 Å². The molecule has 0 heterocycles. The zero-order chi connectivity index (χ0) is 9.14. The van der Waals surface area contributed by atoms with E-state index in [0.717, 1.165) is 0 Å². The summed E-state index contributed by atoms with van der Waals surface area (Å²) in [6, 6.07) is 4.94. The number of anilines is 1. The van der Waals surface area contributed by atoms with Crippen molar-refractivity contribution in [3.05, 3.63) is 29.6 Å². The van der Waals surface area contributed by atoms with Gasteiger partial charge in [0, 0.05) is 6.04 Å². The highest BCUT2D eigenvalue weighted by molar-refractivity contribution is 5.43. The van der Waals surface area contributed by atoms with Crippen LogP contribution >= 0.6 is 0 Å². The minimum Gasteiger partial charge on any atom is -0.396 e. The molecule has 0 spiro atoms. The van der Waals surface area contributed by atoms with Crippen LogP contribution in [-0.2, 0) is 6.42 Å². The molecule has 1 aromatic carbocycles. The third-order valence-electron chi connectivity index (χ3n) is 1.65. The second-order valence-corrected chi connectivity index (χ2v) is 3.00. The fourth-order valence-corrected chi connectivity index (χ4v) is 1.10. The second-order valence-electron chi connectivity index (χ2n) is 3.00. The Hall–Kier alpha value is -1.09. The van der Waals surface area contributed by atoms with Gasteiger partial charge in [0.1, 0.15) is 5.82 Å². The molecule has 66 valence electrons. The molecule has 0 amide bonds. The lowest BCUT2D eigenvalue weighted by molar-refractivity contribution is 0.600. The van der Waals surface area contributed by atoms with Crippen LogP contribution < -0.4 is 11.5 Å². The fraction of sp³-hybridized carbons (Fsp3) is 0.333. The van der Waals surface area contributed by atoms with Gasteiger partial charge in [-0.2, -0.15) is 0 Å². The zero-order valence-electron chi connectivity index (χ0n) is 7.05. The molecule has 3 heteroatoms. The average Bonchev–Trinajstić information content (AvgIpc) is 1.98. The summed E-state index contributed by atoms with van der Waals surface area (Å²) in [5.74, 6) is -0.338. The quantitative estimate of drug-likeness (QED) is 0.654. The first-order valence-electron chi connectivity index (χ1n) is 3.89. The standard InChI is InChI=1S/C9H13FN2/c1-6(11)5-7-3-2-4-8(12)9(7)10/h2-4,6H,5,11-12H2,1H3/t6-/m0/s1. The lowest BCUT2D eigenvalue weighted by Gasteiger charge is -2.07. The van der Waals surface area contributed by atoms with Gasteiger partial charge in [0.2, 0.25) is 0 Å². The first kappa shape index (κ1) is 9.00. The number of halogens is 1. The van der Waals surface area contributed by atoms with Gasteiger partial charge in [-0.1, -0.05) is 12.1 Å². The van der Waals surface area contributed by atoms with Crippen LogP contribution in [0.15, 0.2) is 18.2 Å². The van der Waals surface area contributed by atoms with Crippen LogP contribution in [0, 0.1) is 5.82 Å². The van der Waals surface area contributed by atoms with Gasteiger partial charge in [0.05, 0.1) is 5.69 Å². The van der Waals surface area contributed by atoms with Crippen molar-refractivity contribution < 1.29 is 4.39 Å². The topological polar surface area (TPSA) is 52.0 Å². The molecule has 1 aromatic rings. The molecule has 1 rings (SSSR count). The molecule has 0 aromatic heterocycles. The molecule has 0 radical (unpaired) electrons. The highest BCUT2D eigenvalue weighted by Gasteiger charge is 2.06. The summed E-state index contributed by atoms with van der Waals surface area (Å²) in [5.41, 5.74) is 11.7. The molecule has 0 aliphatic heterocycles. The third kappa shape index (κ3) is 1.95. The van der Waals surface area contributed by atoms with Crippen LogP contribution in [0.5, 0.6) is 0 Å². The maximum Gasteiger partial charge on any atom is 0.149 e. The van der Waals surface area contributed by atoms with Crippen molar-refractivity contribution in [1.29, 1.82) is 0 Å². The van der Waals surface area contributed by atoms with Crippen LogP contribution in [0.4, 0.5) is 10.1 Å². The largest absolute Gasteiger partial charge is 0.396 e. The van der Waals surface area contributed by atoms with Crippen LogP contribution in [0.25, 0.3) is 0 Å². The molecule has 0 saturated carbocycles. The molecule has 1 atom stereocenters. The Bertz CT molecular complexity index is 271. The van der Waals surface area contributed by atoms with Crippen molar-refractivity contribution in [2.45, 2.75) is 19.4 Å². The predicted octanol–water partition coefficient (Wildman–Crippen LogP) is 1.30. The normalized spacial score (nSPS) is 12.9. The van der Waals surface area contributed by atoms with Crippen molar-refractivity contribution in [2.24, 2.45) is 5.73 Å². The average molecular weight is 168 g/mol. The highest BCUT2D eigenvalue weighted by atomic mass is 19.1. The minimum atomic E-state index is -0.338. The summed E-state index contributed by atoms with van der Waals surface area (Å²) in [7, 11) is 0. The van der Waals surface area contributed by atoms with E-state index < -0.39 is 0 Å². The molecule has 12 heavy (non-hydrogen) atoms. The Morgan fingerprint density at radius 2 is 2.17 bits per heavy atom. The van der Waals surface area contributed by atoms with Gasteiger partial charge in [-0.3, -0.25) is 0 Å². The highest BCUT2D eigenvalue weighted by Crippen LogP contribution is 2.15. The zero-order valence-corrected chi connectivity index (χ0v) is 7.05. The van der Waals surface area contributed by atoms with E-state index in [1.54, 1.807) is 18.2 Å². The van der Waals surface area contributed by atoms with Crippen molar-refractivity contribution in [3.63, 3.8) is 0 Å². The van der Waals surface area contributed by atoms with E-state index in [2.05, 4.69) is 0 Å². The summed E-state index contributed by atoms with van der Waals surface area (Å²) < 4.78 is 13.2. The van der Waals surface area contributed by atoms with E-state index in [1.165, 1.54) is 0 Å². The summed E-state index contributed by atoms with van der Waals surface area (Å²) in [6.45, 7) is 1.84. The summed E-state index contributed by atoms with van der Waals surface area (Å²) in [4.78, 5) is 0. The Labute approximate surface area is 71.4 Å². The summed E-state index contributed by atoms with van der Waals surface area (Å²) in [6.07, 6.45) is 0.525. The van der Waals surface area contributed by atoms with Crippen molar-refractivity contribution >= 4 is 5.69 Å². The number of benzene rings is 1. The van der Waals surface area contributed by atoms with E-state index in [9.17, 15) is 4.39 Å². The monoisotopic (exact) mass is 168 g/mol. The van der Waals surface area contributed by atoms with E-state index in [4.69, 9.17) is 11.5 Å². The van der Waals surface area contributed by atoms with Gasteiger partial charge in [-0.25, -0.2) is 4.39 Å². The SMILES string of the molecule is C[C@H](N)Cc1cccc(N)c1F. The second kappa shape index (κ2) is 3.54. The number of hydrogen-bond acceptors (Lipinski definition) is 2. The van der Waals surface area contributed by atoms with Crippen LogP contribution in [0.2, 0.25) is 0 Å². The maximum atomic E-state index is 13.2. The van der Waals surface area contributed by atoms with E-state index in [0.29, 0.717) is 12.0 Å². The summed E-state index contributed by atoms with van der Waals surface area (Å²) in [5, 5.41) is 0. The first-order valence-corrected chi connectivity index (χ1v) is 3.89. The molecule has 0 saturated heterocycles. The number of nitrogens with two attached hydrogens (primary N) is 2. The molecular formula is C9H13FN2. The van der Waals surface area contributed by atoms with Crippen LogP contribution in [0.3, 0.4) is 0 Å². The molecule has 2 nitrogen and oxygen atoms in total. The van der Waals surface area contributed by atoms with Gasteiger partial charge in [-0.15, -0.1) is 0 Å². The van der Waals surface area contributed by atoms with Gasteiger partial charge in [-0.05, 0) is 25.0 Å². The maximum absolute atomic E-state index is 13.2. The fourth-order valence-electron chi connectivity index (χ4n) is 1.10. The lowest BCUT2D eigenvalue weighted by Crippen LogP contribution is -2.18. The van der Waals surface area contributed by atoms with Crippen LogP contribution in [-0.4, -0.2) is 6.04 Å². The summed E-state index contributed by atoms with van der Waals surface area (Å²) >= 11 is 0. The Kier molecular flexibility index (Phi) is 2.65. The van der Waals surface area contributed by atoms with Crippen molar-refractivity contribution in [2.75, 3.05) is 5.73 Å². The first-order chi connectivity index (χ1) is 5.61. The molecule has 0 bridgehead atoms. The number of hydrogen-bond donors (Lipinski definition) is 2. The van der Waals surface area contributed by atoms with E-state index >= 15 is 0 Å². The Morgan fingerprint density at radius 3 is 2.75 bits per heavy atom. The predicted molar refractivity (Wildman–Crippen MR) is 48.2 cm³/mol. The lowest BCUT2D eigenvalue weighted by atomic mass is 10.1. The molecule has 0 fully saturated rings. The Balaban J connectivity index is 2.92. The molecule has 0 unspecified atom stereocenters. The number of rotatable bonds is 2. The van der Waals surface area contributed by atoms with E-state index in [1.807, 2.05) is 6.92 Å². The van der Waals surface area contributed by atoms with Crippen molar-refractivity contribution in [1.82, 2.24) is 0 Å². The molecule has 0 aliphatic rings. The third-order valence-corrected chi connectivity index (χ3v) is 1.65. The molecule has 0 aliphatic carbocycles. The van der Waals surface area contributed by atoms with E-state index in [-0.39, 0.29) is 17.5 Å². The van der Waals surface area contributed by atoms with Gasteiger partial charge in [0.25, 0.3) is 0 Å². The van der Waals surface area contributed by atoms with Crippen molar-refractivity contribution in [3.8, 4) is 0 Å². The number of nitrogen functional groups attached to an aromatic ring is 1. The molecular weight excluding hydrogens is 155 g/mol. The Morgan fingerprint density at radius 1 is 1.50 bits per heavy atom. The van der Waals surface area contributed by atoms with Gasteiger partial charge >= 0.3 is 0 Å². The smallest absolute Gasteiger partial charge is 0.149 e. The minimum absolute atomic E-state index is 0.0405. The van der Waals surface area contributed by atoms with Crippen LogP contribution in [0.1, 0.15) is 12.5 Å². The van der Waals surface area contributed by atoms with Gasteiger partial charge < -0.3 is 11.5 Å². The molecule has 4 N–H and O–H groups in total.